The van der Waals surface area contributed by atoms with E-state index in [1.54, 1.807) is 0 Å². The Morgan fingerprint density at radius 1 is 0.857 bits per heavy atom. The zero-order chi connectivity index (χ0) is 16.5. The predicted molar refractivity (Wildman–Crippen MR) is 79.6 cm³/mol. The number of rotatable bonds is 10. The molecule has 0 aliphatic rings. The zero-order valence-electron chi connectivity index (χ0n) is 12.8. The molecule has 3 amide bonds. The van der Waals surface area contributed by atoms with Gasteiger partial charge in [-0.2, -0.15) is 0 Å². The normalized spacial score (nSPS) is 9.05. The number of carbonyl (C=O) groups excluding carboxylic acids is 4. The maximum atomic E-state index is 11.4. The first kappa shape index (κ1) is 21.3. The van der Waals surface area contributed by atoms with E-state index >= 15 is 0 Å². The van der Waals surface area contributed by atoms with Crippen LogP contribution in [0.4, 0.5) is 0 Å². The molecule has 0 spiro atoms. The van der Waals surface area contributed by atoms with Gasteiger partial charge in [0.15, 0.2) is 0 Å². The Balaban J connectivity index is 0. The number of hydrogen-bond donors (Lipinski definition) is 4. The van der Waals surface area contributed by atoms with Crippen LogP contribution < -0.4 is 21.3 Å². The molecule has 8 heteroatoms. The van der Waals surface area contributed by atoms with Crippen molar-refractivity contribution < 1.29 is 19.2 Å². The van der Waals surface area contributed by atoms with Gasteiger partial charge in [-0.1, -0.05) is 6.92 Å². The molecule has 0 aliphatic carbocycles. The second-order valence-electron chi connectivity index (χ2n) is 4.11. The molecule has 0 bridgehead atoms. The predicted octanol–water partition coefficient (Wildman–Crippen LogP) is -1.44. The van der Waals surface area contributed by atoms with Crippen LogP contribution in [0.5, 0.6) is 0 Å². The van der Waals surface area contributed by atoms with Gasteiger partial charge in [0, 0.05) is 13.1 Å². The molecule has 0 unspecified atom stereocenters. The van der Waals surface area contributed by atoms with Crippen molar-refractivity contribution in [3.63, 3.8) is 0 Å². The SMILES string of the molecule is C=O.CCCNC(=O)CNC(=O)CC(=O)NCCCNC. The molecule has 4 N–H and O–H groups in total. The van der Waals surface area contributed by atoms with Gasteiger partial charge < -0.3 is 26.1 Å². The average Bonchev–Trinajstić information content (AvgIpc) is 2.49. The molecular formula is C13H26N4O4. The van der Waals surface area contributed by atoms with Crippen molar-refractivity contribution in [2.75, 3.05) is 33.2 Å². The minimum Gasteiger partial charge on any atom is -0.356 e. The quantitative estimate of drug-likeness (QED) is 0.291. The first-order chi connectivity index (χ1) is 10.1. The molecule has 0 aromatic rings. The van der Waals surface area contributed by atoms with Crippen LogP contribution in [0.3, 0.4) is 0 Å². The highest BCUT2D eigenvalue weighted by Crippen LogP contribution is 1.82. The monoisotopic (exact) mass is 302 g/mol. The Labute approximate surface area is 125 Å². The zero-order valence-corrected chi connectivity index (χ0v) is 12.8. The first-order valence-electron chi connectivity index (χ1n) is 6.83. The lowest BCUT2D eigenvalue weighted by molar-refractivity contribution is -0.131. The number of hydrogen-bond acceptors (Lipinski definition) is 5. The lowest BCUT2D eigenvalue weighted by atomic mass is 10.3. The Kier molecular flexibility index (Phi) is 16.4. The number of carbonyl (C=O) groups is 4. The summed E-state index contributed by atoms with van der Waals surface area (Å²) in [7, 11) is 1.83. The van der Waals surface area contributed by atoms with Crippen LogP contribution in [0.2, 0.25) is 0 Å². The highest BCUT2D eigenvalue weighted by Gasteiger charge is 2.09. The molecule has 0 saturated carbocycles. The highest BCUT2D eigenvalue weighted by molar-refractivity contribution is 5.98. The maximum Gasteiger partial charge on any atom is 0.239 e. The van der Waals surface area contributed by atoms with Crippen LogP contribution in [0.25, 0.3) is 0 Å². The molecule has 8 nitrogen and oxygen atoms in total. The van der Waals surface area contributed by atoms with E-state index < -0.39 is 5.91 Å². The summed E-state index contributed by atoms with van der Waals surface area (Å²) in [5, 5.41) is 10.6. The van der Waals surface area contributed by atoms with E-state index in [0.717, 1.165) is 19.4 Å². The highest BCUT2D eigenvalue weighted by atomic mass is 16.2. The van der Waals surface area contributed by atoms with E-state index in [2.05, 4.69) is 21.3 Å². The van der Waals surface area contributed by atoms with Crippen molar-refractivity contribution in [1.29, 1.82) is 0 Å². The molecule has 0 fully saturated rings. The molecule has 0 aliphatic heterocycles. The fourth-order valence-corrected chi connectivity index (χ4v) is 1.27. The topological polar surface area (TPSA) is 116 Å². The summed E-state index contributed by atoms with van der Waals surface area (Å²) in [5.41, 5.74) is 0. The Hall–Kier alpha value is -1.96. The molecule has 0 radical (unpaired) electrons. The Bertz CT molecular complexity index is 311. The van der Waals surface area contributed by atoms with Crippen molar-refractivity contribution in [3.8, 4) is 0 Å². The minimum absolute atomic E-state index is 0.0914. The number of nitrogens with one attached hydrogen (secondary N) is 4. The maximum absolute atomic E-state index is 11.4. The van der Waals surface area contributed by atoms with Crippen molar-refractivity contribution in [3.05, 3.63) is 0 Å². The summed E-state index contributed by atoms with van der Waals surface area (Å²) in [4.78, 5) is 41.9. The van der Waals surface area contributed by atoms with E-state index in [9.17, 15) is 14.4 Å². The lowest BCUT2D eigenvalue weighted by Gasteiger charge is -2.07. The van der Waals surface area contributed by atoms with Crippen molar-refractivity contribution in [2.24, 2.45) is 0 Å². The summed E-state index contributed by atoms with van der Waals surface area (Å²) < 4.78 is 0. The van der Waals surface area contributed by atoms with Crippen LogP contribution in [-0.4, -0.2) is 57.7 Å². The summed E-state index contributed by atoms with van der Waals surface area (Å²) in [5.74, 6) is -1.02. The molecule has 0 saturated heterocycles. The van der Waals surface area contributed by atoms with E-state index in [1.165, 1.54) is 0 Å². The third-order valence-corrected chi connectivity index (χ3v) is 2.27. The van der Waals surface area contributed by atoms with Crippen molar-refractivity contribution in [1.82, 2.24) is 21.3 Å². The number of amides is 3. The molecule has 0 heterocycles. The van der Waals surface area contributed by atoms with Crippen LogP contribution in [0.15, 0.2) is 0 Å². The molecule has 0 atom stereocenters. The molecular weight excluding hydrogens is 276 g/mol. The molecule has 0 rings (SSSR count). The fourth-order valence-electron chi connectivity index (χ4n) is 1.27. The van der Waals surface area contributed by atoms with Gasteiger partial charge in [0.05, 0.1) is 6.54 Å². The van der Waals surface area contributed by atoms with Crippen LogP contribution in [0.1, 0.15) is 26.2 Å². The van der Waals surface area contributed by atoms with Crippen molar-refractivity contribution >= 4 is 24.5 Å². The molecule has 0 aromatic carbocycles. The second-order valence-corrected chi connectivity index (χ2v) is 4.11. The smallest absolute Gasteiger partial charge is 0.239 e. The van der Waals surface area contributed by atoms with Gasteiger partial charge in [-0.15, -0.1) is 0 Å². The van der Waals surface area contributed by atoms with E-state index in [0.29, 0.717) is 13.1 Å². The summed E-state index contributed by atoms with van der Waals surface area (Å²) in [6.45, 7) is 5.78. The minimum atomic E-state index is -0.447. The summed E-state index contributed by atoms with van der Waals surface area (Å²) in [6, 6.07) is 0. The first-order valence-corrected chi connectivity index (χ1v) is 6.83. The van der Waals surface area contributed by atoms with Crippen LogP contribution in [0, 0.1) is 0 Å². The summed E-state index contributed by atoms with van der Waals surface area (Å²) in [6.07, 6.45) is 1.40. The van der Waals surface area contributed by atoms with E-state index in [-0.39, 0.29) is 24.8 Å². The van der Waals surface area contributed by atoms with Gasteiger partial charge in [-0.05, 0) is 26.4 Å². The third kappa shape index (κ3) is 16.0. The average molecular weight is 302 g/mol. The van der Waals surface area contributed by atoms with E-state index in [1.807, 2.05) is 20.8 Å². The summed E-state index contributed by atoms with van der Waals surface area (Å²) >= 11 is 0. The van der Waals surface area contributed by atoms with Gasteiger partial charge >= 0.3 is 0 Å². The molecule has 122 valence electrons. The van der Waals surface area contributed by atoms with E-state index in [4.69, 9.17) is 4.79 Å². The van der Waals surface area contributed by atoms with Crippen LogP contribution >= 0.6 is 0 Å². The lowest BCUT2D eigenvalue weighted by Crippen LogP contribution is -2.39. The van der Waals surface area contributed by atoms with Gasteiger partial charge in [0.2, 0.25) is 17.7 Å². The van der Waals surface area contributed by atoms with Gasteiger partial charge in [-0.25, -0.2) is 0 Å². The fraction of sp³-hybridized carbons (Fsp3) is 0.692. The van der Waals surface area contributed by atoms with Crippen molar-refractivity contribution in [2.45, 2.75) is 26.2 Å². The Morgan fingerprint density at radius 2 is 1.43 bits per heavy atom. The molecule has 0 aromatic heterocycles. The van der Waals surface area contributed by atoms with Crippen LogP contribution in [-0.2, 0) is 19.2 Å². The van der Waals surface area contributed by atoms with Gasteiger partial charge in [0.25, 0.3) is 0 Å². The van der Waals surface area contributed by atoms with Gasteiger partial charge in [-0.3, -0.25) is 14.4 Å². The second kappa shape index (κ2) is 16.1. The standard InChI is InChI=1S/C12H24N4O3.CH2O/c1-3-5-14-12(19)9-16-11(18)8-10(17)15-7-4-6-13-2;1-2/h13H,3-9H2,1-2H3,(H,14,19)(H,15,17)(H,16,18);1H2. The largest absolute Gasteiger partial charge is 0.356 e. The molecule has 21 heavy (non-hydrogen) atoms. The Morgan fingerprint density at radius 3 is 2.00 bits per heavy atom. The third-order valence-electron chi connectivity index (χ3n) is 2.27. The van der Waals surface area contributed by atoms with Gasteiger partial charge in [0.1, 0.15) is 13.2 Å².